The summed E-state index contributed by atoms with van der Waals surface area (Å²) < 4.78 is 0. The van der Waals surface area contributed by atoms with Crippen LogP contribution in [0.2, 0.25) is 0 Å². The highest BCUT2D eigenvalue weighted by Gasteiger charge is 2.03. The molecule has 0 bridgehead atoms. The predicted octanol–water partition coefficient (Wildman–Crippen LogP) is 2.63. The number of rotatable bonds is 4. The molecular formula is C15H16N4. The van der Waals surface area contributed by atoms with E-state index in [1.54, 1.807) is 0 Å². The second-order valence-electron chi connectivity index (χ2n) is 4.32. The number of aromatic nitrogens is 1. The molecule has 1 aromatic carbocycles. The zero-order valence-electron chi connectivity index (χ0n) is 11.1. The molecule has 96 valence electrons. The quantitative estimate of drug-likeness (QED) is 0.908. The molecule has 1 aromatic heterocycles. The fourth-order valence-corrected chi connectivity index (χ4v) is 1.82. The molecule has 0 aliphatic heterocycles. The number of anilines is 2. The molecule has 0 radical (unpaired) electrons. The Morgan fingerprint density at radius 1 is 1.21 bits per heavy atom. The Balaban J connectivity index is 2.06. The molecule has 0 amide bonds. The van der Waals surface area contributed by atoms with Crippen molar-refractivity contribution < 1.29 is 0 Å². The molecule has 0 aliphatic carbocycles. The van der Waals surface area contributed by atoms with Crippen molar-refractivity contribution in [1.82, 2.24) is 4.98 Å². The number of hydrogen-bond donors (Lipinski definition) is 1. The summed E-state index contributed by atoms with van der Waals surface area (Å²) >= 11 is 0. The van der Waals surface area contributed by atoms with Crippen LogP contribution in [0.25, 0.3) is 0 Å². The smallest absolute Gasteiger partial charge is 0.125 e. The lowest BCUT2D eigenvalue weighted by atomic mass is 10.2. The first kappa shape index (κ1) is 12.9. The zero-order chi connectivity index (χ0) is 13.7. The van der Waals surface area contributed by atoms with E-state index in [4.69, 9.17) is 5.26 Å². The average Bonchev–Trinajstić information content (AvgIpc) is 2.48. The van der Waals surface area contributed by atoms with Crippen molar-refractivity contribution >= 4 is 11.5 Å². The molecule has 0 saturated carbocycles. The topological polar surface area (TPSA) is 52.0 Å². The molecular weight excluding hydrogens is 236 g/mol. The Kier molecular flexibility index (Phi) is 3.99. The Bertz CT molecular complexity index is 567. The van der Waals surface area contributed by atoms with Crippen LogP contribution < -0.4 is 10.2 Å². The van der Waals surface area contributed by atoms with Crippen molar-refractivity contribution in [3.05, 3.63) is 53.7 Å². The second-order valence-corrected chi connectivity index (χ2v) is 4.32. The molecule has 19 heavy (non-hydrogen) atoms. The van der Waals surface area contributed by atoms with Gasteiger partial charge in [0.25, 0.3) is 0 Å². The number of nitrogens with one attached hydrogen (secondary N) is 1. The largest absolute Gasteiger partial charge is 0.373 e. The number of pyridine rings is 1. The highest BCUT2D eigenvalue weighted by Crippen LogP contribution is 2.16. The molecule has 0 fully saturated rings. The standard InChI is InChI=1S/C15H16N4/c1-17-15-8-5-13(10-18-15)11-19(2)14-6-3-12(9-16)4-7-14/h3-8,10H,11H2,1-2H3,(H,17,18). The Morgan fingerprint density at radius 3 is 2.47 bits per heavy atom. The van der Waals surface area contributed by atoms with Crippen molar-refractivity contribution in [3.63, 3.8) is 0 Å². The van der Waals surface area contributed by atoms with Crippen molar-refractivity contribution in [2.75, 3.05) is 24.3 Å². The van der Waals surface area contributed by atoms with Gasteiger partial charge in [-0.15, -0.1) is 0 Å². The third-order valence-corrected chi connectivity index (χ3v) is 2.94. The van der Waals surface area contributed by atoms with Crippen molar-refractivity contribution in [2.24, 2.45) is 0 Å². The van der Waals surface area contributed by atoms with Crippen LogP contribution in [0.3, 0.4) is 0 Å². The predicted molar refractivity (Wildman–Crippen MR) is 77.0 cm³/mol. The van der Waals surface area contributed by atoms with Gasteiger partial charge >= 0.3 is 0 Å². The zero-order valence-corrected chi connectivity index (χ0v) is 11.1. The maximum Gasteiger partial charge on any atom is 0.125 e. The first-order chi connectivity index (χ1) is 9.22. The highest BCUT2D eigenvalue weighted by molar-refractivity contribution is 5.49. The van der Waals surface area contributed by atoms with Gasteiger partial charge in [-0.25, -0.2) is 4.98 Å². The Hall–Kier alpha value is -2.54. The van der Waals surface area contributed by atoms with E-state index in [1.165, 1.54) is 0 Å². The number of nitriles is 1. The van der Waals surface area contributed by atoms with Crippen LogP contribution >= 0.6 is 0 Å². The van der Waals surface area contributed by atoms with Gasteiger partial charge in [-0.05, 0) is 35.9 Å². The molecule has 0 saturated heterocycles. The molecule has 0 atom stereocenters. The normalized spacial score (nSPS) is 9.74. The van der Waals surface area contributed by atoms with Crippen LogP contribution in [0.4, 0.5) is 11.5 Å². The number of nitrogens with zero attached hydrogens (tertiary/aromatic N) is 3. The Labute approximate surface area is 113 Å². The maximum atomic E-state index is 8.77. The SMILES string of the molecule is CNc1ccc(CN(C)c2ccc(C#N)cc2)cn1. The highest BCUT2D eigenvalue weighted by atomic mass is 15.1. The third-order valence-electron chi connectivity index (χ3n) is 2.94. The molecule has 2 rings (SSSR count). The van der Waals surface area contributed by atoms with Crippen LogP contribution in [-0.2, 0) is 6.54 Å². The molecule has 0 spiro atoms. The molecule has 4 nitrogen and oxygen atoms in total. The second kappa shape index (κ2) is 5.87. The van der Waals surface area contributed by atoms with Gasteiger partial charge in [-0.3, -0.25) is 0 Å². The minimum absolute atomic E-state index is 0.678. The molecule has 0 aliphatic rings. The summed E-state index contributed by atoms with van der Waals surface area (Å²) in [6, 6.07) is 13.7. The summed E-state index contributed by atoms with van der Waals surface area (Å²) in [5.41, 5.74) is 2.90. The van der Waals surface area contributed by atoms with Gasteiger partial charge in [0.2, 0.25) is 0 Å². The van der Waals surface area contributed by atoms with Crippen LogP contribution in [0.1, 0.15) is 11.1 Å². The molecule has 1 N–H and O–H groups in total. The van der Waals surface area contributed by atoms with Crippen molar-refractivity contribution in [1.29, 1.82) is 5.26 Å². The average molecular weight is 252 g/mol. The first-order valence-electron chi connectivity index (χ1n) is 6.07. The lowest BCUT2D eigenvalue weighted by molar-refractivity contribution is 0.915. The van der Waals surface area contributed by atoms with E-state index in [0.717, 1.165) is 23.6 Å². The van der Waals surface area contributed by atoms with Gasteiger partial charge in [-0.1, -0.05) is 6.07 Å². The van der Waals surface area contributed by atoms with E-state index in [1.807, 2.05) is 50.6 Å². The molecule has 0 unspecified atom stereocenters. The summed E-state index contributed by atoms with van der Waals surface area (Å²) in [6.45, 7) is 0.781. The van der Waals surface area contributed by atoms with Crippen LogP contribution in [-0.4, -0.2) is 19.1 Å². The van der Waals surface area contributed by atoms with Crippen LogP contribution in [0, 0.1) is 11.3 Å². The maximum absolute atomic E-state index is 8.77. The minimum atomic E-state index is 0.678. The summed E-state index contributed by atoms with van der Waals surface area (Å²) in [6.07, 6.45) is 1.87. The van der Waals surface area contributed by atoms with Gasteiger partial charge in [0.05, 0.1) is 11.6 Å². The van der Waals surface area contributed by atoms with Crippen LogP contribution in [0.5, 0.6) is 0 Å². The van der Waals surface area contributed by atoms with Crippen molar-refractivity contribution in [3.8, 4) is 6.07 Å². The summed E-state index contributed by atoms with van der Waals surface area (Å²) in [7, 11) is 3.87. The van der Waals surface area contributed by atoms with E-state index < -0.39 is 0 Å². The van der Waals surface area contributed by atoms with Gasteiger partial charge in [0.15, 0.2) is 0 Å². The minimum Gasteiger partial charge on any atom is -0.373 e. The van der Waals surface area contributed by atoms with E-state index in [-0.39, 0.29) is 0 Å². The van der Waals surface area contributed by atoms with Crippen LogP contribution in [0.15, 0.2) is 42.6 Å². The van der Waals surface area contributed by atoms with E-state index in [9.17, 15) is 0 Å². The lowest BCUT2D eigenvalue weighted by Gasteiger charge is -2.19. The van der Waals surface area contributed by atoms with Gasteiger partial charge in [0.1, 0.15) is 5.82 Å². The molecule has 2 aromatic rings. The van der Waals surface area contributed by atoms with Crippen molar-refractivity contribution in [2.45, 2.75) is 6.54 Å². The summed E-state index contributed by atoms with van der Waals surface area (Å²) in [4.78, 5) is 6.41. The third kappa shape index (κ3) is 3.23. The van der Waals surface area contributed by atoms with Gasteiger partial charge in [-0.2, -0.15) is 5.26 Å². The summed E-state index contributed by atoms with van der Waals surface area (Å²) in [5.74, 6) is 0.866. The Morgan fingerprint density at radius 2 is 1.95 bits per heavy atom. The van der Waals surface area contributed by atoms with Gasteiger partial charge < -0.3 is 10.2 Å². The number of hydrogen-bond acceptors (Lipinski definition) is 4. The number of benzene rings is 1. The fraction of sp³-hybridized carbons (Fsp3) is 0.200. The molecule has 4 heteroatoms. The van der Waals surface area contributed by atoms with E-state index >= 15 is 0 Å². The van der Waals surface area contributed by atoms with E-state index in [0.29, 0.717) is 5.56 Å². The van der Waals surface area contributed by atoms with Gasteiger partial charge in [0, 0.05) is 32.5 Å². The fourth-order valence-electron chi connectivity index (χ4n) is 1.82. The summed E-state index contributed by atoms with van der Waals surface area (Å²) in [5, 5.41) is 11.8. The van der Waals surface area contributed by atoms with E-state index in [2.05, 4.69) is 27.3 Å². The first-order valence-corrected chi connectivity index (χ1v) is 6.07. The monoisotopic (exact) mass is 252 g/mol. The molecule has 1 heterocycles. The lowest BCUT2D eigenvalue weighted by Crippen LogP contribution is -2.16.